The summed E-state index contributed by atoms with van der Waals surface area (Å²) in [6, 6.07) is 9.68. The number of halogens is 3. The summed E-state index contributed by atoms with van der Waals surface area (Å²) in [6.45, 7) is 6.04. The van der Waals surface area contributed by atoms with Gasteiger partial charge in [0.2, 0.25) is 0 Å². The second-order valence-electron chi connectivity index (χ2n) is 6.67. The summed E-state index contributed by atoms with van der Waals surface area (Å²) in [4.78, 5) is 11.6. The smallest absolute Gasteiger partial charge is 0.475 e. The van der Waals surface area contributed by atoms with Crippen LogP contribution in [-0.4, -0.2) is 42.9 Å². The molecule has 2 aliphatic heterocycles. The number of para-hydroxylation sites is 1. The number of piperidine rings is 1. The van der Waals surface area contributed by atoms with Crippen molar-refractivity contribution >= 4 is 11.7 Å². The Morgan fingerprint density at radius 1 is 1.24 bits per heavy atom. The number of carbonyl (C=O) groups is 1. The van der Waals surface area contributed by atoms with Gasteiger partial charge in [-0.15, -0.1) is 0 Å². The van der Waals surface area contributed by atoms with Gasteiger partial charge in [-0.2, -0.15) is 13.2 Å². The van der Waals surface area contributed by atoms with E-state index in [0.29, 0.717) is 6.04 Å². The van der Waals surface area contributed by atoms with E-state index in [1.54, 1.807) is 5.56 Å². The molecule has 3 rings (SSSR count). The number of aliphatic carboxylic acids is 1. The number of carboxylic acids is 1. The molecule has 2 N–H and O–H groups in total. The molecule has 0 bridgehead atoms. The number of anilines is 1. The first-order chi connectivity index (χ1) is 11.8. The van der Waals surface area contributed by atoms with Crippen LogP contribution in [0.1, 0.15) is 31.7 Å². The average Bonchev–Trinajstić information content (AvgIpc) is 2.58. The predicted octanol–water partition coefficient (Wildman–Crippen LogP) is 3.46. The fourth-order valence-electron chi connectivity index (χ4n) is 3.38. The number of carboxylic acid groups (broad SMARTS) is 1. The van der Waals surface area contributed by atoms with Gasteiger partial charge in [-0.3, -0.25) is 0 Å². The molecule has 2 aliphatic rings. The van der Waals surface area contributed by atoms with Crippen molar-refractivity contribution in [1.29, 1.82) is 0 Å². The monoisotopic (exact) mass is 358 g/mol. The second kappa shape index (κ2) is 8.56. The minimum absolute atomic E-state index is 0.704. The number of benzene rings is 1. The van der Waals surface area contributed by atoms with Crippen molar-refractivity contribution in [3.63, 3.8) is 0 Å². The maximum Gasteiger partial charge on any atom is 0.490 e. The maximum absolute atomic E-state index is 10.6. The number of nitrogens with zero attached hydrogens (tertiary/aromatic N) is 1. The van der Waals surface area contributed by atoms with Gasteiger partial charge in [0.15, 0.2) is 0 Å². The maximum atomic E-state index is 10.6. The van der Waals surface area contributed by atoms with E-state index in [9.17, 15) is 13.2 Å². The molecule has 1 fully saturated rings. The number of nitrogens with one attached hydrogen (secondary N) is 1. The van der Waals surface area contributed by atoms with Crippen LogP contribution in [0.4, 0.5) is 18.9 Å². The van der Waals surface area contributed by atoms with Crippen LogP contribution in [0.15, 0.2) is 24.3 Å². The van der Waals surface area contributed by atoms with Crippen LogP contribution in [-0.2, 0) is 11.2 Å². The summed E-state index contributed by atoms with van der Waals surface area (Å²) >= 11 is 0. The van der Waals surface area contributed by atoms with Crippen LogP contribution >= 0.6 is 0 Å². The fourth-order valence-corrected chi connectivity index (χ4v) is 3.38. The summed E-state index contributed by atoms with van der Waals surface area (Å²) in [5.41, 5.74) is 3.04. The Morgan fingerprint density at radius 2 is 1.84 bits per heavy atom. The van der Waals surface area contributed by atoms with Crippen LogP contribution in [0.25, 0.3) is 0 Å². The zero-order valence-electron chi connectivity index (χ0n) is 14.4. The third-order valence-electron chi connectivity index (χ3n) is 4.82. The van der Waals surface area contributed by atoms with Crippen LogP contribution in [0, 0.1) is 5.92 Å². The fraction of sp³-hybridized carbons (Fsp3) is 0.611. The number of fused-ring (bicyclic) bond motifs is 1. The van der Waals surface area contributed by atoms with Crippen LogP contribution in [0.3, 0.4) is 0 Å². The minimum Gasteiger partial charge on any atom is -0.475 e. The highest BCUT2D eigenvalue weighted by atomic mass is 19.4. The molecule has 1 unspecified atom stereocenters. The van der Waals surface area contributed by atoms with E-state index in [1.165, 1.54) is 51.0 Å². The summed E-state index contributed by atoms with van der Waals surface area (Å²) < 4.78 is 31.7. The molecule has 140 valence electrons. The van der Waals surface area contributed by atoms with Gasteiger partial charge in [0.25, 0.3) is 0 Å². The van der Waals surface area contributed by atoms with Crippen molar-refractivity contribution < 1.29 is 23.1 Å². The largest absolute Gasteiger partial charge is 0.490 e. The first kappa shape index (κ1) is 19.6. The van der Waals surface area contributed by atoms with Gasteiger partial charge in [-0.1, -0.05) is 18.2 Å². The van der Waals surface area contributed by atoms with Crippen LogP contribution < -0.4 is 10.2 Å². The zero-order chi connectivity index (χ0) is 18.4. The van der Waals surface area contributed by atoms with Gasteiger partial charge in [-0.05, 0) is 63.2 Å². The van der Waals surface area contributed by atoms with Crippen LogP contribution in [0.5, 0.6) is 0 Å². The highest BCUT2D eigenvalue weighted by Gasteiger charge is 2.38. The molecule has 0 saturated carbocycles. The van der Waals surface area contributed by atoms with E-state index in [2.05, 4.69) is 41.4 Å². The van der Waals surface area contributed by atoms with E-state index in [1.807, 2.05) is 0 Å². The Morgan fingerprint density at radius 3 is 2.44 bits per heavy atom. The molecule has 0 spiro atoms. The molecule has 0 amide bonds. The molecule has 1 aromatic rings. The standard InChI is InChI=1S/C16H24N2.C2HF3O2/c1-13-6-7-15-4-2-3-5-16(15)18(13)12-14-8-10-17-11-9-14;3-2(4,5)1(6)7/h2-5,13-14,17H,6-12H2,1H3;(H,6,7). The minimum atomic E-state index is -5.08. The molecular weight excluding hydrogens is 333 g/mol. The van der Waals surface area contributed by atoms with Crippen molar-refractivity contribution in [2.45, 2.75) is 44.8 Å². The van der Waals surface area contributed by atoms with E-state index < -0.39 is 12.1 Å². The topological polar surface area (TPSA) is 52.6 Å². The molecule has 1 saturated heterocycles. The molecule has 1 atom stereocenters. The molecule has 1 aromatic carbocycles. The number of rotatable bonds is 2. The van der Waals surface area contributed by atoms with Crippen molar-refractivity contribution in [3.05, 3.63) is 29.8 Å². The van der Waals surface area contributed by atoms with Crippen molar-refractivity contribution in [1.82, 2.24) is 5.32 Å². The molecule has 2 heterocycles. The summed E-state index contributed by atoms with van der Waals surface area (Å²) in [5, 5.41) is 10.6. The van der Waals surface area contributed by atoms with Gasteiger partial charge in [-0.25, -0.2) is 4.79 Å². The molecule has 4 nitrogen and oxygen atoms in total. The first-order valence-corrected chi connectivity index (χ1v) is 8.64. The van der Waals surface area contributed by atoms with Gasteiger partial charge in [0.05, 0.1) is 0 Å². The third kappa shape index (κ3) is 5.63. The van der Waals surface area contributed by atoms with Gasteiger partial charge in [0.1, 0.15) is 0 Å². The first-order valence-electron chi connectivity index (χ1n) is 8.64. The Kier molecular flexibility index (Phi) is 6.70. The SMILES string of the molecule is CC1CCc2ccccc2N1CC1CCNCC1.O=C(O)C(F)(F)F. The van der Waals surface area contributed by atoms with Gasteiger partial charge < -0.3 is 15.3 Å². The molecule has 0 radical (unpaired) electrons. The quantitative estimate of drug-likeness (QED) is 0.850. The zero-order valence-corrected chi connectivity index (χ0v) is 14.4. The van der Waals surface area contributed by atoms with Crippen molar-refractivity contribution in [2.75, 3.05) is 24.5 Å². The molecule has 0 aliphatic carbocycles. The second-order valence-corrected chi connectivity index (χ2v) is 6.67. The molecule has 25 heavy (non-hydrogen) atoms. The van der Waals surface area contributed by atoms with E-state index in [0.717, 1.165) is 5.92 Å². The normalized spacial score (nSPS) is 21.1. The van der Waals surface area contributed by atoms with E-state index in [4.69, 9.17) is 9.90 Å². The average molecular weight is 358 g/mol. The number of alkyl halides is 3. The van der Waals surface area contributed by atoms with Crippen molar-refractivity contribution in [2.24, 2.45) is 5.92 Å². The molecule has 0 aromatic heterocycles. The number of aryl methyl sites for hydroxylation is 1. The number of hydrogen-bond acceptors (Lipinski definition) is 3. The lowest BCUT2D eigenvalue weighted by molar-refractivity contribution is -0.192. The molecule has 7 heteroatoms. The van der Waals surface area contributed by atoms with Crippen molar-refractivity contribution in [3.8, 4) is 0 Å². The Bertz CT molecular complexity index is 572. The Balaban J connectivity index is 0.000000277. The summed E-state index contributed by atoms with van der Waals surface area (Å²) in [7, 11) is 0. The highest BCUT2D eigenvalue weighted by Crippen LogP contribution is 2.32. The van der Waals surface area contributed by atoms with E-state index >= 15 is 0 Å². The van der Waals surface area contributed by atoms with E-state index in [-0.39, 0.29) is 0 Å². The Hall–Kier alpha value is -1.76. The number of hydrogen-bond donors (Lipinski definition) is 2. The van der Waals surface area contributed by atoms with Gasteiger partial charge >= 0.3 is 12.1 Å². The third-order valence-corrected chi connectivity index (χ3v) is 4.82. The lowest BCUT2D eigenvalue weighted by Gasteiger charge is -2.40. The Labute approximate surface area is 146 Å². The van der Waals surface area contributed by atoms with Crippen LogP contribution in [0.2, 0.25) is 0 Å². The lowest BCUT2D eigenvalue weighted by Crippen LogP contribution is -2.43. The molecular formula is C18H25F3N2O2. The van der Waals surface area contributed by atoms with Gasteiger partial charge in [0, 0.05) is 18.3 Å². The lowest BCUT2D eigenvalue weighted by atomic mass is 9.92. The predicted molar refractivity (Wildman–Crippen MR) is 90.9 cm³/mol. The highest BCUT2D eigenvalue weighted by molar-refractivity contribution is 5.73. The summed E-state index contributed by atoms with van der Waals surface area (Å²) in [6.07, 6.45) is 0.152. The summed E-state index contributed by atoms with van der Waals surface area (Å²) in [5.74, 6) is -1.88.